The van der Waals surface area contributed by atoms with Gasteiger partial charge in [-0.1, -0.05) is 41.9 Å². The maximum absolute atomic E-state index is 11.6. The van der Waals surface area contributed by atoms with Crippen LogP contribution in [0.25, 0.3) is 0 Å². The smallest absolute Gasteiger partial charge is 0.412 e. The Hall–Kier alpha value is -2.58. The molecule has 0 spiro atoms. The molecule has 100 valence electrons. The number of carbonyl (C=O) groups is 1. The van der Waals surface area contributed by atoms with Gasteiger partial charge in [-0.15, -0.1) is 0 Å². The zero-order valence-corrected chi connectivity index (χ0v) is 11.1. The van der Waals surface area contributed by atoms with Crippen LogP contribution in [0, 0.1) is 11.3 Å². The van der Waals surface area contributed by atoms with Gasteiger partial charge in [0.1, 0.15) is 17.8 Å². The highest BCUT2D eigenvalue weighted by atomic mass is 35.5. The van der Waals surface area contributed by atoms with Crippen molar-refractivity contribution < 1.29 is 9.53 Å². The molecule has 0 aliphatic heterocycles. The van der Waals surface area contributed by atoms with Crippen molar-refractivity contribution in [2.75, 3.05) is 5.32 Å². The normalized spacial score (nSPS) is 9.60. The van der Waals surface area contributed by atoms with E-state index in [9.17, 15) is 4.79 Å². The minimum Gasteiger partial charge on any atom is -0.444 e. The first kappa shape index (κ1) is 13.8. The van der Waals surface area contributed by atoms with Crippen LogP contribution in [-0.4, -0.2) is 11.1 Å². The number of rotatable bonds is 3. The molecule has 1 aromatic heterocycles. The van der Waals surface area contributed by atoms with Crippen molar-refractivity contribution in [3.8, 4) is 6.07 Å². The first-order chi connectivity index (χ1) is 9.69. The molecule has 2 rings (SSSR count). The molecule has 2 aromatic rings. The molecule has 0 aliphatic rings. The van der Waals surface area contributed by atoms with Gasteiger partial charge in [0, 0.05) is 0 Å². The number of aromatic nitrogens is 1. The number of halogens is 1. The third-order valence-electron chi connectivity index (χ3n) is 2.42. The standard InChI is InChI=1S/C14H10ClN3O2/c15-13-11(7-16)6-12(8-17-13)18-14(19)20-9-10-4-2-1-3-5-10/h1-6,8H,9H2,(H,18,19). The third kappa shape index (κ3) is 3.70. The molecular weight excluding hydrogens is 278 g/mol. The van der Waals surface area contributed by atoms with E-state index >= 15 is 0 Å². The van der Waals surface area contributed by atoms with Gasteiger partial charge < -0.3 is 4.74 Å². The second kappa shape index (κ2) is 6.55. The summed E-state index contributed by atoms with van der Waals surface area (Å²) in [4.78, 5) is 15.4. The summed E-state index contributed by atoms with van der Waals surface area (Å²) in [5, 5.41) is 11.4. The zero-order chi connectivity index (χ0) is 14.4. The lowest BCUT2D eigenvalue weighted by atomic mass is 10.2. The molecule has 0 fully saturated rings. The number of ether oxygens (including phenoxy) is 1. The van der Waals surface area contributed by atoms with Crippen LogP contribution >= 0.6 is 11.6 Å². The van der Waals surface area contributed by atoms with Crippen molar-refractivity contribution in [1.29, 1.82) is 5.26 Å². The fourth-order valence-corrected chi connectivity index (χ4v) is 1.62. The van der Waals surface area contributed by atoms with Crippen molar-refractivity contribution in [3.63, 3.8) is 0 Å². The van der Waals surface area contributed by atoms with Crippen molar-refractivity contribution in [1.82, 2.24) is 4.98 Å². The van der Waals surface area contributed by atoms with E-state index in [1.54, 1.807) is 0 Å². The predicted molar refractivity (Wildman–Crippen MR) is 74.2 cm³/mol. The van der Waals surface area contributed by atoms with Gasteiger partial charge in [0.25, 0.3) is 0 Å². The highest BCUT2D eigenvalue weighted by Crippen LogP contribution is 2.16. The van der Waals surface area contributed by atoms with Crippen LogP contribution in [0.3, 0.4) is 0 Å². The van der Waals surface area contributed by atoms with Crippen LogP contribution < -0.4 is 5.32 Å². The minimum absolute atomic E-state index is 0.0932. The molecule has 0 radical (unpaired) electrons. The summed E-state index contributed by atoms with van der Waals surface area (Å²) in [6.07, 6.45) is 0.731. The average molecular weight is 288 g/mol. The molecule has 1 aromatic carbocycles. The number of hydrogen-bond donors (Lipinski definition) is 1. The van der Waals surface area contributed by atoms with Gasteiger partial charge in [0.05, 0.1) is 17.4 Å². The number of nitrogens with one attached hydrogen (secondary N) is 1. The van der Waals surface area contributed by atoms with E-state index in [1.807, 2.05) is 36.4 Å². The highest BCUT2D eigenvalue weighted by molar-refractivity contribution is 6.30. The first-order valence-electron chi connectivity index (χ1n) is 5.72. The van der Waals surface area contributed by atoms with Crippen LogP contribution in [-0.2, 0) is 11.3 Å². The maximum Gasteiger partial charge on any atom is 0.412 e. The van der Waals surface area contributed by atoms with E-state index in [0.29, 0.717) is 5.69 Å². The number of nitriles is 1. The summed E-state index contributed by atoms with van der Waals surface area (Å²) in [6, 6.07) is 12.6. The number of benzene rings is 1. The molecule has 5 nitrogen and oxygen atoms in total. The fourth-order valence-electron chi connectivity index (χ4n) is 1.47. The van der Waals surface area contributed by atoms with E-state index in [-0.39, 0.29) is 17.3 Å². The summed E-state index contributed by atoms with van der Waals surface area (Å²) >= 11 is 5.70. The summed E-state index contributed by atoms with van der Waals surface area (Å²) in [7, 11) is 0. The molecule has 6 heteroatoms. The van der Waals surface area contributed by atoms with Crippen molar-refractivity contribution >= 4 is 23.4 Å². The van der Waals surface area contributed by atoms with E-state index in [1.165, 1.54) is 12.3 Å². The van der Waals surface area contributed by atoms with Gasteiger partial charge in [-0.3, -0.25) is 5.32 Å². The SMILES string of the molecule is N#Cc1cc(NC(=O)OCc2ccccc2)cnc1Cl. The van der Waals surface area contributed by atoms with Gasteiger partial charge in [-0.2, -0.15) is 5.26 Å². The summed E-state index contributed by atoms with van der Waals surface area (Å²) in [5.74, 6) is 0. The largest absolute Gasteiger partial charge is 0.444 e. The Morgan fingerprint density at radius 1 is 1.40 bits per heavy atom. The zero-order valence-electron chi connectivity index (χ0n) is 10.3. The summed E-state index contributed by atoms with van der Waals surface area (Å²) in [5.41, 5.74) is 1.42. The lowest BCUT2D eigenvalue weighted by Gasteiger charge is -2.07. The highest BCUT2D eigenvalue weighted by Gasteiger charge is 2.07. The van der Waals surface area contributed by atoms with E-state index in [2.05, 4.69) is 10.3 Å². The van der Waals surface area contributed by atoms with Gasteiger partial charge in [0.2, 0.25) is 0 Å². The van der Waals surface area contributed by atoms with E-state index in [4.69, 9.17) is 21.6 Å². The number of carbonyl (C=O) groups excluding carboxylic acids is 1. The van der Waals surface area contributed by atoms with Crippen LogP contribution in [0.2, 0.25) is 5.15 Å². The number of amides is 1. The molecule has 0 saturated heterocycles. The Balaban J connectivity index is 1.93. The van der Waals surface area contributed by atoms with Gasteiger partial charge in [-0.25, -0.2) is 9.78 Å². The van der Waals surface area contributed by atoms with Gasteiger partial charge >= 0.3 is 6.09 Å². The van der Waals surface area contributed by atoms with Crippen molar-refractivity contribution in [2.24, 2.45) is 0 Å². The number of nitrogens with zero attached hydrogens (tertiary/aromatic N) is 2. The van der Waals surface area contributed by atoms with Crippen LogP contribution in [0.15, 0.2) is 42.6 Å². The molecule has 0 bridgehead atoms. The second-order valence-electron chi connectivity index (χ2n) is 3.86. The topological polar surface area (TPSA) is 75.0 Å². The number of pyridine rings is 1. The molecule has 0 unspecified atom stereocenters. The Morgan fingerprint density at radius 2 is 2.15 bits per heavy atom. The Labute approximate surface area is 120 Å². The van der Waals surface area contributed by atoms with Crippen LogP contribution in [0.1, 0.15) is 11.1 Å². The van der Waals surface area contributed by atoms with Crippen molar-refractivity contribution in [2.45, 2.75) is 6.61 Å². The molecular formula is C14H10ClN3O2. The van der Waals surface area contributed by atoms with Crippen LogP contribution in [0.4, 0.5) is 10.5 Å². The molecule has 0 atom stereocenters. The summed E-state index contributed by atoms with van der Waals surface area (Å²) < 4.78 is 5.04. The number of anilines is 1. The Kier molecular flexibility index (Phi) is 4.53. The van der Waals surface area contributed by atoms with Crippen LogP contribution in [0.5, 0.6) is 0 Å². The molecule has 1 N–H and O–H groups in total. The van der Waals surface area contributed by atoms with Gasteiger partial charge in [0.15, 0.2) is 0 Å². The molecule has 0 saturated carbocycles. The quantitative estimate of drug-likeness (QED) is 0.878. The lowest BCUT2D eigenvalue weighted by molar-refractivity contribution is 0.155. The second-order valence-corrected chi connectivity index (χ2v) is 4.22. The molecule has 1 amide bonds. The average Bonchev–Trinajstić information content (AvgIpc) is 2.48. The maximum atomic E-state index is 11.6. The first-order valence-corrected chi connectivity index (χ1v) is 6.10. The molecule has 0 aliphatic carbocycles. The van der Waals surface area contributed by atoms with Gasteiger partial charge in [-0.05, 0) is 11.6 Å². The summed E-state index contributed by atoms with van der Waals surface area (Å²) in [6.45, 7) is 0.165. The molecule has 1 heterocycles. The minimum atomic E-state index is -0.623. The Morgan fingerprint density at radius 3 is 2.85 bits per heavy atom. The fraction of sp³-hybridized carbons (Fsp3) is 0.0714. The molecule has 20 heavy (non-hydrogen) atoms. The Bertz CT molecular complexity index is 653. The number of hydrogen-bond acceptors (Lipinski definition) is 4. The van der Waals surface area contributed by atoms with Crippen molar-refractivity contribution in [3.05, 3.63) is 58.9 Å². The monoisotopic (exact) mass is 287 g/mol. The predicted octanol–water partition coefficient (Wildman–Crippen LogP) is 3.36. The van der Waals surface area contributed by atoms with E-state index < -0.39 is 6.09 Å². The van der Waals surface area contributed by atoms with E-state index in [0.717, 1.165) is 5.56 Å². The lowest BCUT2D eigenvalue weighted by Crippen LogP contribution is -2.13. The third-order valence-corrected chi connectivity index (χ3v) is 2.72.